The third-order valence-electron chi connectivity index (χ3n) is 4.59. The molecule has 2 N–H and O–H groups in total. The van der Waals surface area contributed by atoms with Crippen molar-refractivity contribution < 1.29 is 14.3 Å². The molecule has 2 amide bonds. The van der Waals surface area contributed by atoms with Crippen LogP contribution in [-0.4, -0.2) is 28.2 Å². The summed E-state index contributed by atoms with van der Waals surface area (Å²) >= 11 is 0. The molecule has 0 atom stereocenters. The van der Waals surface area contributed by atoms with Crippen molar-refractivity contribution >= 4 is 22.6 Å². The van der Waals surface area contributed by atoms with Crippen LogP contribution >= 0.6 is 0 Å². The largest absolute Gasteiger partial charge is 0.483 e. The van der Waals surface area contributed by atoms with Crippen molar-refractivity contribution in [3.05, 3.63) is 69.6 Å². The van der Waals surface area contributed by atoms with E-state index in [9.17, 15) is 14.4 Å². The summed E-state index contributed by atoms with van der Waals surface area (Å²) in [7, 11) is 0. The number of hydrogen-bond acceptors (Lipinski definition) is 5. The van der Waals surface area contributed by atoms with E-state index in [1.807, 2.05) is 39.0 Å². The average Bonchev–Trinajstić information content (AvgIpc) is 2.74. The van der Waals surface area contributed by atoms with Crippen molar-refractivity contribution in [2.24, 2.45) is 0 Å². The van der Waals surface area contributed by atoms with Gasteiger partial charge in [0.1, 0.15) is 5.75 Å². The number of fused-ring (bicyclic) bond motifs is 1. The highest BCUT2D eigenvalue weighted by Gasteiger charge is 2.17. The fraction of sp³-hybridized carbons (Fsp3) is 0.273. The van der Waals surface area contributed by atoms with Crippen LogP contribution in [0.2, 0.25) is 0 Å². The van der Waals surface area contributed by atoms with Gasteiger partial charge < -0.3 is 4.74 Å². The zero-order chi connectivity index (χ0) is 21.7. The normalized spacial score (nSPS) is 10.6. The highest BCUT2D eigenvalue weighted by Crippen LogP contribution is 2.22. The predicted molar refractivity (Wildman–Crippen MR) is 113 cm³/mol. The molecule has 30 heavy (non-hydrogen) atoms. The molecule has 0 spiro atoms. The molecule has 2 aromatic carbocycles. The van der Waals surface area contributed by atoms with Gasteiger partial charge in [-0.3, -0.25) is 25.2 Å². The summed E-state index contributed by atoms with van der Waals surface area (Å²) in [6.45, 7) is 5.84. The summed E-state index contributed by atoms with van der Waals surface area (Å²) in [5, 5.41) is 5.02. The molecule has 8 nitrogen and oxygen atoms in total. The molecule has 3 aromatic rings. The van der Waals surface area contributed by atoms with Gasteiger partial charge in [0.25, 0.3) is 17.4 Å². The van der Waals surface area contributed by atoms with Gasteiger partial charge in [0.15, 0.2) is 12.3 Å². The van der Waals surface area contributed by atoms with Gasteiger partial charge in [-0.15, -0.1) is 0 Å². The van der Waals surface area contributed by atoms with Crippen molar-refractivity contribution in [1.82, 2.24) is 20.6 Å². The first kappa shape index (κ1) is 21.0. The first-order valence-electron chi connectivity index (χ1n) is 9.70. The van der Waals surface area contributed by atoms with Gasteiger partial charge >= 0.3 is 0 Å². The molecule has 8 heteroatoms. The molecule has 0 saturated carbocycles. The molecular weight excluding hydrogens is 384 g/mol. The second-order valence-electron chi connectivity index (χ2n) is 6.93. The highest BCUT2D eigenvalue weighted by atomic mass is 16.5. The van der Waals surface area contributed by atoms with Gasteiger partial charge in [0.2, 0.25) is 0 Å². The van der Waals surface area contributed by atoms with Crippen LogP contribution in [-0.2, 0) is 11.3 Å². The number of ether oxygens (including phenoxy) is 1. The number of aromatic nitrogens is 2. The number of hydrogen-bond donors (Lipinski definition) is 2. The molecule has 0 bridgehead atoms. The van der Waals surface area contributed by atoms with Crippen molar-refractivity contribution in [3.8, 4) is 5.75 Å². The lowest BCUT2D eigenvalue weighted by Crippen LogP contribution is -2.44. The van der Waals surface area contributed by atoms with Gasteiger partial charge in [0.05, 0.1) is 5.39 Å². The lowest BCUT2D eigenvalue weighted by atomic mass is 10.1. The molecule has 0 aliphatic carbocycles. The molecule has 0 aliphatic rings. The quantitative estimate of drug-likeness (QED) is 0.609. The summed E-state index contributed by atoms with van der Waals surface area (Å²) in [5.74, 6) is -0.494. The zero-order valence-electron chi connectivity index (χ0n) is 17.2. The fourth-order valence-corrected chi connectivity index (χ4v) is 3.15. The Morgan fingerprint density at radius 2 is 1.67 bits per heavy atom. The Hall–Kier alpha value is -3.68. The van der Waals surface area contributed by atoms with E-state index in [1.165, 1.54) is 4.68 Å². The first-order valence-corrected chi connectivity index (χ1v) is 9.70. The SMILES string of the molecule is CCCn1nc(C(=O)NNC(=O)COc2c(C)cccc2C)c2ccccc2c1=O. The van der Waals surface area contributed by atoms with Crippen LogP contribution in [0.5, 0.6) is 5.75 Å². The fourth-order valence-electron chi connectivity index (χ4n) is 3.15. The molecule has 3 rings (SSSR count). The summed E-state index contributed by atoms with van der Waals surface area (Å²) < 4.78 is 6.85. The highest BCUT2D eigenvalue weighted by molar-refractivity contribution is 6.05. The first-order chi connectivity index (χ1) is 14.4. The molecule has 0 fully saturated rings. The van der Waals surface area contributed by atoms with Gasteiger partial charge in [-0.2, -0.15) is 5.10 Å². The van der Waals surface area contributed by atoms with Crippen molar-refractivity contribution in [1.29, 1.82) is 0 Å². The lowest BCUT2D eigenvalue weighted by Gasteiger charge is -2.13. The number of rotatable bonds is 6. The van der Waals surface area contributed by atoms with E-state index in [0.717, 1.165) is 11.1 Å². The van der Waals surface area contributed by atoms with Crippen LogP contribution in [0.25, 0.3) is 10.8 Å². The van der Waals surface area contributed by atoms with Crippen molar-refractivity contribution in [3.63, 3.8) is 0 Å². The smallest absolute Gasteiger partial charge is 0.290 e. The van der Waals surface area contributed by atoms with Crippen LogP contribution in [0.3, 0.4) is 0 Å². The van der Waals surface area contributed by atoms with E-state index in [0.29, 0.717) is 29.5 Å². The Bertz CT molecular complexity index is 1130. The third kappa shape index (κ3) is 4.48. The van der Waals surface area contributed by atoms with Gasteiger partial charge in [-0.1, -0.05) is 43.3 Å². The predicted octanol–water partition coefficient (Wildman–Crippen LogP) is 2.26. The zero-order valence-corrected chi connectivity index (χ0v) is 17.2. The van der Waals surface area contributed by atoms with E-state index in [1.54, 1.807) is 24.3 Å². The maximum Gasteiger partial charge on any atom is 0.290 e. The Labute approximate surface area is 173 Å². The number of carbonyl (C=O) groups excluding carboxylic acids is 2. The number of benzene rings is 2. The van der Waals surface area contributed by atoms with Gasteiger partial charge in [0, 0.05) is 11.9 Å². The van der Waals surface area contributed by atoms with E-state index < -0.39 is 11.8 Å². The molecule has 0 aliphatic heterocycles. The number of carbonyl (C=O) groups is 2. The molecule has 1 aromatic heterocycles. The summed E-state index contributed by atoms with van der Waals surface area (Å²) in [4.78, 5) is 37.3. The number of amides is 2. The minimum atomic E-state index is -0.614. The van der Waals surface area contributed by atoms with E-state index in [4.69, 9.17) is 4.74 Å². The van der Waals surface area contributed by atoms with Crippen LogP contribution in [0.4, 0.5) is 0 Å². The van der Waals surface area contributed by atoms with E-state index >= 15 is 0 Å². The Balaban J connectivity index is 1.72. The maximum absolute atomic E-state index is 12.7. The molecule has 156 valence electrons. The number of nitrogens with one attached hydrogen (secondary N) is 2. The average molecular weight is 408 g/mol. The molecule has 0 unspecified atom stereocenters. The lowest BCUT2D eigenvalue weighted by molar-refractivity contribution is -0.123. The molecule has 0 radical (unpaired) electrons. The Morgan fingerprint density at radius 3 is 2.33 bits per heavy atom. The monoisotopic (exact) mass is 408 g/mol. The summed E-state index contributed by atoms with van der Waals surface area (Å²) in [5.41, 5.74) is 6.32. The van der Waals surface area contributed by atoms with Crippen LogP contribution in [0, 0.1) is 13.8 Å². The third-order valence-corrected chi connectivity index (χ3v) is 4.59. The van der Waals surface area contributed by atoms with Crippen LogP contribution in [0.1, 0.15) is 35.0 Å². The molecular formula is C22H24N4O4. The van der Waals surface area contributed by atoms with E-state index in [-0.39, 0.29) is 17.9 Å². The second kappa shape index (κ2) is 9.21. The number of hydrazine groups is 1. The topological polar surface area (TPSA) is 102 Å². The standard InChI is InChI=1S/C22H24N4O4/c1-4-12-26-22(29)17-11-6-5-10-16(17)19(25-26)21(28)24-23-18(27)13-30-20-14(2)8-7-9-15(20)3/h5-11H,4,12-13H2,1-3H3,(H,23,27)(H,24,28). The van der Waals surface area contributed by atoms with Gasteiger partial charge in [-0.05, 0) is 37.5 Å². The number of aryl methyl sites for hydroxylation is 3. The summed E-state index contributed by atoms with van der Waals surface area (Å²) in [6.07, 6.45) is 0.693. The minimum Gasteiger partial charge on any atom is -0.483 e. The Morgan fingerprint density at radius 1 is 1.00 bits per heavy atom. The van der Waals surface area contributed by atoms with Crippen LogP contribution in [0.15, 0.2) is 47.3 Å². The van der Waals surface area contributed by atoms with Crippen LogP contribution < -0.4 is 21.1 Å². The second-order valence-corrected chi connectivity index (χ2v) is 6.93. The van der Waals surface area contributed by atoms with E-state index in [2.05, 4.69) is 16.0 Å². The molecule has 1 heterocycles. The maximum atomic E-state index is 12.7. The van der Waals surface area contributed by atoms with Crippen molar-refractivity contribution in [2.75, 3.05) is 6.61 Å². The number of nitrogens with zero attached hydrogens (tertiary/aromatic N) is 2. The number of para-hydroxylation sites is 1. The van der Waals surface area contributed by atoms with Crippen molar-refractivity contribution in [2.45, 2.75) is 33.7 Å². The molecule has 0 saturated heterocycles. The Kier molecular flexibility index (Phi) is 6.46. The van der Waals surface area contributed by atoms with Gasteiger partial charge in [-0.25, -0.2) is 4.68 Å². The summed E-state index contributed by atoms with van der Waals surface area (Å²) in [6, 6.07) is 12.5. The minimum absolute atomic E-state index is 0.0645.